The normalized spacial score (nSPS) is 15.4. The van der Waals surface area contributed by atoms with E-state index in [1.165, 1.54) is 38.1 Å². The summed E-state index contributed by atoms with van der Waals surface area (Å²) in [6.45, 7) is 5.74. The van der Waals surface area contributed by atoms with Gasteiger partial charge in [0.05, 0.1) is 6.10 Å². The van der Waals surface area contributed by atoms with Gasteiger partial charge in [0, 0.05) is 12.8 Å². The highest BCUT2D eigenvalue weighted by molar-refractivity contribution is 5.95. The summed E-state index contributed by atoms with van der Waals surface area (Å²) in [5, 5.41) is 47.0. The molecule has 41 heavy (non-hydrogen) atoms. The highest BCUT2D eigenvalue weighted by Gasteiger charge is 2.33. The molecule has 0 saturated carbocycles. The molecule has 0 aliphatic heterocycles. The molecule has 0 heterocycles. The lowest BCUT2D eigenvalue weighted by molar-refractivity contribution is -0.142. The number of amides is 4. The minimum atomic E-state index is -1.45. The third-order valence-corrected chi connectivity index (χ3v) is 6.09. The second-order valence-electron chi connectivity index (χ2n) is 9.99. The zero-order valence-electron chi connectivity index (χ0n) is 23.3. The highest BCUT2D eigenvalue weighted by atomic mass is 16.4. The standard InChI is InChI=1S/C26H39N5O10/c1-12(2)21(25(39)28-13(3)26(40)41)31-23(37)18(11-15-5-7-16(33)8-6-15)30-22(36)17(9-10-19(34)35)29-24(38)20(27)14(4)32/h5-8,12-14,17-18,20-21,32-33H,9-11,27H2,1-4H3,(H,28,39)(H,29,38)(H,30,36)(H,31,37)(H,34,35)(H,40,41)/t13-,14+,17-,18-,20-,21-/m0/s1. The molecule has 0 saturated heterocycles. The molecular formula is C26H39N5O10. The number of aliphatic hydroxyl groups is 1. The van der Waals surface area contributed by atoms with Crippen LogP contribution in [0.15, 0.2) is 24.3 Å². The van der Waals surface area contributed by atoms with Gasteiger partial charge in [-0.2, -0.15) is 0 Å². The van der Waals surface area contributed by atoms with E-state index in [1.807, 2.05) is 0 Å². The molecular weight excluding hydrogens is 542 g/mol. The van der Waals surface area contributed by atoms with Gasteiger partial charge in [-0.25, -0.2) is 0 Å². The van der Waals surface area contributed by atoms with E-state index >= 15 is 0 Å². The molecule has 1 aromatic rings. The molecule has 0 unspecified atom stereocenters. The van der Waals surface area contributed by atoms with Gasteiger partial charge in [0.15, 0.2) is 0 Å². The number of nitrogens with one attached hydrogen (secondary N) is 4. The van der Waals surface area contributed by atoms with Gasteiger partial charge in [-0.05, 0) is 43.9 Å². The highest BCUT2D eigenvalue weighted by Crippen LogP contribution is 2.13. The zero-order valence-corrected chi connectivity index (χ0v) is 23.3. The van der Waals surface area contributed by atoms with Gasteiger partial charge in [0.1, 0.15) is 36.0 Å². The topological polar surface area (TPSA) is 257 Å². The van der Waals surface area contributed by atoms with Crippen molar-refractivity contribution in [3.05, 3.63) is 29.8 Å². The molecule has 0 aromatic heterocycles. The molecule has 15 nitrogen and oxygen atoms in total. The summed E-state index contributed by atoms with van der Waals surface area (Å²) in [5.74, 6) is -6.52. The number of aliphatic hydroxyl groups excluding tert-OH is 1. The Balaban J connectivity index is 3.27. The molecule has 1 rings (SSSR count). The maximum Gasteiger partial charge on any atom is 0.325 e. The predicted octanol–water partition coefficient (Wildman–Crippen LogP) is -1.79. The summed E-state index contributed by atoms with van der Waals surface area (Å²) < 4.78 is 0. The number of phenols is 1. The Morgan fingerprint density at radius 1 is 0.780 bits per heavy atom. The number of carboxylic acid groups (broad SMARTS) is 2. The van der Waals surface area contributed by atoms with Crippen LogP contribution in [0.4, 0.5) is 0 Å². The molecule has 4 amide bonds. The number of carbonyl (C=O) groups is 6. The van der Waals surface area contributed by atoms with Crippen LogP contribution in [0.1, 0.15) is 46.1 Å². The zero-order chi connectivity index (χ0) is 31.4. The second-order valence-corrected chi connectivity index (χ2v) is 9.99. The largest absolute Gasteiger partial charge is 0.508 e. The van der Waals surface area contributed by atoms with Gasteiger partial charge in [0.25, 0.3) is 0 Å². The number of aromatic hydroxyl groups is 1. The summed E-state index contributed by atoms with van der Waals surface area (Å²) >= 11 is 0. The Labute approximate surface area is 236 Å². The average Bonchev–Trinajstić information content (AvgIpc) is 2.88. The second kappa shape index (κ2) is 16.1. The monoisotopic (exact) mass is 581 g/mol. The van der Waals surface area contributed by atoms with Crippen molar-refractivity contribution in [1.82, 2.24) is 21.3 Å². The van der Waals surface area contributed by atoms with E-state index in [0.717, 1.165) is 0 Å². The maximum absolute atomic E-state index is 13.4. The van der Waals surface area contributed by atoms with E-state index in [4.69, 9.17) is 15.9 Å². The van der Waals surface area contributed by atoms with Crippen LogP contribution < -0.4 is 27.0 Å². The number of aliphatic carboxylic acids is 2. The fourth-order valence-electron chi connectivity index (χ4n) is 3.53. The lowest BCUT2D eigenvalue weighted by atomic mass is 10.00. The number of nitrogens with two attached hydrogens (primary N) is 1. The van der Waals surface area contributed by atoms with E-state index in [0.29, 0.717) is 5.56 Å². The molecule has 228 valence electrons. The van der Waals surface area contributed by atoms with Crippen molar-refractivity contribution in [2.75, 3.05) is 0 Å². The van der Waals surface area contributed by atoms with Crippen molar-refractivity contribution in [1.29, 1.82) is 0 Å². The number of hydrogen-bond donors (Lipinski definition) is 9. The summed E-state index contributed by atoms with van der Waals surface area (Å²) in [7, 11) is 0. The smallest absolute Gasteiger partial charge is 0.325 e. The molecule has 10 N–H and O–H groups in total. The Kier molecular flexibility index (Phi) is 13.7. The fraction of sp³-hybridized carbons (Fsp3) is 0.538. The first-order valence-corrected chi connectivity index (χ1v) is 12.9. The minimum absolute atomic E-state index is 0.0474. The summed E-state index contributed by atoms with van der Waals surface area (Å²) in [4.78, 5) is 74.1. The van der Waals surface area contributed by atoms with Gasteiger partial charge < -0.3 is 47.4 Å². The number of phenolic OH excluding ortho intramolecular Hbond substituents is 1. The molecule has 1 aromatic carbocycles. The van der Waals surface area contributed by atoms with Gasteiger partial charge in [-0.1, -0.05) is 26.0 Å². The van der Waals surface area contributed by atoms with Gasteiger partial charge in [0.2, 0.25) is 23.6 Å². The van der Waals surface area contributed by atoms with E-state index in [1.54, 1.807) is 13.8 Å². The van der Waals surface area contributed by atoms with Crippen LogP contribution >= 0.6 is 0 Å². The van der Waals surface area contributed by atoms with Crippen molar-refractivity contribution >= 4 is 35.6 Å². The fourth-order valence-corrected chi connectivity index (χ4v) is 3.53. The summed E-state index contributed by atoms with van der Waals surface area (Å²) in [6, 6.07) is -0.928. The van der Waals surface area contributed by atoms with Crippen LogP contribution in [0, 0.1) is 5.92 Å². The van der Waals surface area contributed by atoms with E-state index < -0.39 is 84.2 Å². The summed E-state index contributed by atoms with van der Waals surface area (Å²) in [5.41, 5.74) is 6.12. The van der Waals surface area contributed by atoms with Crippen LogP contribution in [0.5, 0.6) is 5.75 Å². The number of benzene rings is 1. The van der Waals surface area contributed by atoms with Gasteiger partial charge in [-0.3, -0.25) is 28.8 Å². The number of rotatable bonds is 16. The third-order valence-electron chi connectivity index (χ3n) is 6.09. The Bertz CT molecular complexity index is 1090. The molecule has 0 spiro atoms. The first kappa shape index (κ1) is 34.8. The van der Waals surface area contributed by atoms with Crippen molar-refractivity contribution in [2.24, 2.45) is 11.7 Å². The lowest BCUT2D eigenvalue weighted by Gasteiger charge is -2.27. The van der Waals surface area contributed by atoms with Crippen molar-refractivity contribution < 1.29 is 49.2 Å². The molecule has 15 heteroatoms. The van der Waals surface area contributed by atoms with E-state index in [2.05, 4.69) is 21.3 Å². The average molecular weight is 582 g/mol. The van der Waals surface area contributed by atoms with E-state index in [9.17, 15) is 39.0 Å². The Morgan fingerprint density at radius 2 is 1.32 bits per heavy atom. The first-order chi connectivity index (χ1) is 19.0. The lowest BCUT2D eigenvalue weighted by Crippen LogP contribution is -2.60. The van der Waals surface area contributed by atoms with Crippen LogP contribution in [0.3, 0.4) is 0 Å². The predicted molar refractivity (Wildman–Crippen MR) is 144 cm³/mol. The molecule has 0 radical (unpaired) electrons. The number of carbonyl (C=O) groups excluding carboxylic acids is 4. The Hall–Kier alpha value is -4.24. The number of hydrogen-bond acceptors (Lipinski definition) is 9. The molecule has 6 atom stereocenters. The van der Waals surface area contributed by atoms with Crippen LogP contribution in [-0.4, -0.2) is 92.3 Å². The van der Waals surface area contributed by atoms with Crippen molar-refractivity contribution in [2.45, 2.75) is 83.3 Å². The third kappa shape index (κ3) is 11.8. The van der Waals surface area contributed by atoms with Crippen molar-refractivity contribution in [3.63, 3.8) is 0 Å². The minimum Gasteiger partial charge on any atom is -0.508 e. The quantitative estimate of drug-likeness (QED) is 0.105. The molecule has 0 aliphatic rings. The van der Waals surface area contributed by atoms with Gasteiger partial charge >= 0.3 is 11.9 Å². The molecule has 0 bridgehead atoms. The van der Waals surface area contributed by atoms with E-state index in [-0.39, 0.29) is 18.6 Å². The van der Waals surface area contributed by atoms with Gasteiger partial charge in [-0.15, -0.1) is 0 Å². The Morgan fingerprint density at radius 3 is 1.80 bits per heavy atom. The molecule has 0 aliphatic carbocycles. The maximum atomic E-state index is 13.4. The number of carboxylic acids is 2. The van der Waals surface area contributed by atoms with Crippen molar-refractivity contribution in [3.8, 4) is 5.75 Å². The first-order valence-electron chi connectivity index (χ1n) is 12.9. The molecule has 0 fully saturated rings. The SMILES string of the molecule is CC(C)[C@H](NC(=O)[C@H](Cc1ccc(O)cc1)NC(=O)[C@H](CCC(=O)O)NC(=O)[C@@H](N)[C@@H](C)O)C(=O)N[C@@H](C)C(=O)O. The summed E-state index contributed by atoms with van der Waals surface area (Å²) in [6.07, 6.45) is -2.29. The van der Waals surface area contributed by atoms with Crippen LogP contribution in [-0.2, 0) is 35.2 Å². The van der Waals surface area contributed by atoms with Crippen LogP contribution in [0.2, 0.25) is 0 Å². The van der Waals surface area contributed by atoms with Crippen LogP contribution in [0.25, 0.3) is 0 Å².